The van der Waals surface area contributed by atoms with E-state index in [1.165, 1.54) is 4.90 Å². The summed E-state index contributed by atoms with van der Waals surface area (Å²) in [6, 6.07) is 7.81. The lowest BCUT2D eigenvalue weighted by Crippen LogP contribution is -2.41. The van der Waals surface area contributed by atoms with Gasteiger partial charge in [-0.15, -0.1) is 24.0 Å². The van der Waals surface area contributed by atoms with E-state index < -0.39 is 12.7 Å². The maximum absolute atomic E-state index is 12.5. The second-order valence-electron chi connectivity index (χ2n) is 8.31. The molecule has 2 heterocycles. The van der Waals surface area contributed by atoms with Gasteiger partial charge in [-0.2, -0.15) is 13.2 Å². The number of carbonyl (C=O) groups is 1. The van der Waals surface area contributed by atoms with Crippen LogP contribution in [0.3, 0.4) is 0 Å². The van der Waals surface area contributed by atoms with Crippen LogP contribution in [0.15, 0.2) is 29.3 Å². The highest BCUT2D eigenvalue weighted by Crippen LogP contribution is 2.32. The maximum atomic E-state index is 12.5. The predicted molar refractivity (Wildman–Crippen MR) is 132 cm³/mol. The van der Waals surface area contributed by atoms with Crippen LogP contribution in [-0.4, -0.2) is 62.2 Å². The third-order valence-corrected chi connectivity index (χ3v) is 5.88. The van der Waals surface area contributed by atoms with Gasteiger partial charge < -0.3 is 16.0 Å². The fourth-order valence-electron chi connectivity index (χ4n) is 4.29. The Balaban J connectivity index is 0.00000363. The molecular formula is C22H33F3IN5O. The second-order valence-corrected chi connectivity index (χ2v) is 8.31. The van der Waals surface area contributed by atoms with Crippen LogP contribution in [0.25, 0.3) is 0 Å². The van der Waals surface area contributed by atoms with Crippen molar-refractivity contribution >= 4 is 41.5 Å². The molecule has 0 aromatic heterocycles. The maximum Gasteiger partial charge on any atom is 0.401 e. The van der Waals surface area contributed by atoms with Crippen LogP contribution in [0.4, 0.5) is 18.9 Å². The quantitative estimate of drug-likeness (QED) is 0.265. The monoisotopic (exact) mass is 567 g/mol. The predicted octanol–water partition coefficient (Wildman–Crippen LogP) is 3.95. The minimum Gasteiger partial charge on any atom is -0.357 e. The summed E-state index contributed by atoms with van der Waals surface area (Å²) in [4.78, 5) is 18.2. The minimum atomic E-state index is -4.12. The van der Waals surface area contributed by atoms with Crippen molar-refractivity contribution in [3.05, 3.63) is 29.8 Å². The molecule has 0 spiro atoms. The lowest BCUT2D eigenvalue weighted by molar-refractivity contribution is -0.148. The number of carbonyl (C=O) groups excluding carboxylic acids is 1. The van der Waals surface area contributed by atoms with Gasteiger partial charge in [-0.05, 0) is 56.8 Å². The molecule has 1 aromatic rings. The average Bonchev–Trinajstić information content (AvgIpc) is 2.72. The first-order valence-electron chi connectivity index (χ1n) is 11.0. The largest absolute Gasteiger partial charge is 0.401 e. The van der Waals surface area contributed by atoms with Crippen molar-refractivity contribution in [2.45, 2.75) is 44.7 Å². The van der Waals surface area contributed by atoms with Crippen molar-refractivity contribution in [1.29, 1.82) is 0 Å². The number of benzene rings is 1. The summed E-state index contributed by atoms with van der Waals surface area (Å²) in [6.07, 6.45) is -1.22. The number of hydrogen-bond donors (Lipinski definition) is 3. The number of aliphatic imine (C=N–C) groups is 1. The highest BCUT2D eigenvalue weighted by molar-refractivity contribution is 14.0. The number of piperidine rings is 1. The van der Waals surface area contributed by atoms with Crippen LogP contribution in [0.1, 0.15) is 44.1 Å². The summed E-state index contributed by atoms with van der Waals surface area (Å²) >= 11 is 0. The highest BCUT2D eigenvalue weighted by Gasteiger charge is 2.32. The Labute approximate surface area is 204 Å². The molecule has 32 heavy (non-hydrogen) atoms. The van der Waals surface area contributed by atoms with Gasteiger partial charge >= 0.3 is 6.18 Å². The molecule has 0 radical (unpaired) electrons. The zero-order valence-corrected chi connectivity index (χ0v) is 20.7. The minimum absolute atomic E-state index is 0. The van der Waals surface area contributed by atoms with Crippen molar-refractivity contribution in [2.24, 2.45) is 10.9 Å². The molecule has 1 fully saturated rings. The van der Waals surface area contributed by atoms with Gasteiger partial charge in [0.15, 0.2) is 5.96 Å². The number of nitrogens with one attached hydrogen (secondary N) is 3. The molecular weight excluding hydrogens is 534 g/mol. The van der Waals surface area contributed by atoms with Gasteiger partial charge in [0.05, 0.1) is 13.1 Å². The molecule has 0 aliphatic carbocycles. The van der Waals surface area contributed by atoms with Crippen molar-refractivity contribution in [3.8, 4) is 0 Å². The lowest BCUT2D eigenvalue weighted by atomic mass is 9.91. The zero-order valence-electron chi connectivity index (χ0n) is 18.4. The van der Waals surface area contributed by atoms with Crippen LogP contribution in [-0.2, 0) is 4.79 Å². The number of anilines is 1. The Kier molecular flexibility index (Phi) is 10.5. The van der Waals surface area contributed by atoms with Gasteiger partial charge in [-0.25, -0.2) is 0 Å². The van der Waals surface area contributed by atoms with Gasteiger partial charge in [-0.3, -0.25) is 14.7 Å². The SMILES string of the molecule is CCNC(=NCC1CC(=O)Nc2ccccc21)NCCC1CCN(CC(F)(F)F)CC1.I. The third kappa shape index (κ3) is 8.42. The molecule has 2 aliphatic rings. The Morgan fingerprint density at radius 3 is 2.62 bits per heavy atom. The molecule has 1 atom stereocenters. The highest BCUT2D eigenvalue weighted by atomic mass is 127. The number of para-hydroxylation sites is 1. The van der Waals surface area contributed by atoms with E-state index in [0.29, 0.717) is 37.9 Å². The number of hydrogen-bond acceptors (Lipinski definition) is 3. The molecule has 10 heteroatoms. The molecule has 3 rings (SSSR count). The van der Waals surface area contributed by atoms with Gasteiger partial charge in [0.25, 0.3) is 0 Å². The van der Waals surface area contributed by atoms with Crippen LogP contribution in [0, 0.1) is 5.92 Å². The molecule has 1 saturated heterocycles. The lowest BCUT2D eigenvalue weighted by Gasteiger charge is -2.32. The van der Waals surface area contributed by atoms with E-state index in [4.69, 9.17) is 0 Å². The number of guanidine groups is 1. The van der Waals surface area contributed by atoms with E-state index in [1.54, 1.807) is 0 Å². The van der Waals surface area contributed by atoms with Gasteiger partial charge in [0, 0.05) is 31.1 Å². The molecule has 3 N–H and O–H groups in total. The molecule has 2 aliphatic heterocycles. The smallest absolute Gasteiger partial charge is 0.357 e. The molecule has 180 valence electrons. The van der Waals surface area contributed by atoms with E-state index in [-0.39, 0.29) is 35.8 Å². The molecule has 0 bridgehead atoms. The van der Waals surface area contributed by atoms with Crippen molar-refractivity contribution in [1.82, 2.24) is 15.5 Å². The number of fused-ring (bicyclic) bond motifs is 1. The summed E-state index contributed by atoms with van der Waals surface area (Å²) in [6.45, 7) is 4.15. The van der Waals surface area contributed by atoms with Crippen molar-refractivity contribution in [3.63, 3.8) is 0 Å². The number of amides is 1. The van der Waals surface area contributed by atoms with Crippen LogP contribution in [0.5, 0.6) is 0 Å². The number of nitrogens with zero attached hydrogens (tertiary/aromatic N) is 2. The van der Waals surface area contributed by atoms with E-state index in [2.05, 4.69) is 20.9 Å². The van der Waals surface area contributed by atoms with Gasteiger partial charge in [0.2, 0.25) is 5.91 Å². The number of halogens is 4. The molecule has 6 nitrogen and oxygen atoms in total. The van der Waals surface area contributed by atoms with Crippen molar-refractivity contribution in [2.75, 3.05) is 44.6 Å². The van der Waals surface area contributed by atoms with Crippen LogP contribution in [0.2, 0.25) is 0 Å². The molecule has 0 saturated carbocycles. The van der Waals surface area contributed by atoms with Gasteiger partial charge in [0.1, 0.15) is 0 Å². The normalized spacial score (nSPS) is 20.2. The third-order valence-electron chi connectivity index (χ3n) is 5.88. The topological polar surface area (TPSA) is 68.8 Å². The van der Waals surface area contributed by atoms with Crippen LogP contribution >= 0.6 is 24.0 Å². The summed E-state index contributed by atoms with van der Waals surface area (Å²) < 4.78 is 37.6. The first kappa shape index (κ1) is 26.7. The van der Waals surface area contributed by atoms with Crippen LogP contribution < -0.4 is 16.0 Å². The van der Waals surface area contributed by atoms with E-state index >= 15 is 0 Å². The van der Waals surface area contributed by atoms with E-state index in [0.717, 1.165) is 43.6 Å². The molecule has 1 amide bonds. The Morgan fingerprint density at radius 2 is 1.94 bits per heavy atom. The first-order chi connectivity index (χ1) is 14.8. The molecule has 1 unspecified atom stereocenters. The van der Waals surface area contributed by atoms with Gasteiger partial charge in [-0.1, -0.05) is 18.2 Å². The fourth-order valence-corrected chi connectivity index (χ4v) is 4.29. The summed E-state index contributed by atoms with van der Waals surface area (Å²) in [5, 5.41) is 9.47. The summed E-state index contributed by atoms with van der Waals surface area (Å²) in [7, 11) is 0. The number of alkyl halides is 3. The Morgan fingerprint density at radius 1 is 1.22 bits per heavy atom. The number of likely N-dealkylation sites (tertiary alicyclic amines) is 1. The first-order valence-corrected chi connectivity index (χ1v) is 11.0. The molecule has 1 aromatic carbocycles. The van der Waals surface area contributed by atoms with E-state index in [1.807, 2.05) is 31.2 Å². The van der Waals surface area contributed by atoms with E-state index in [9.17, 15) is 18.0 Å². The average molecular weight is 567 g/mol. The summed E-state index contributed by atoms with van der Waals surface area (Å²) in [5.74, 6) is 1.18. The summed E-state index contributed by atoms with van der Waals surface area (Å²) in [5.41, 5.74) is 1.96. The standard InChI is InChI=1S/C22H32F3N5O.HI/c1-2-26-21(27-10-7-16-8-11-30(12-9-16)15-22(23,24)25)28-14-17-13-20(31)29-19-6-4-3-5-18(17)19;/h3-6,16-17H,2,7-15H2,1H3,(H,29,31)(H2,26,27,28);1H. The zero-order chi connectivity index (χ0) is 22.3. The Bertz CT molecular complexity index is 766. The Hall–Kier alpha value is -1.56. The second kappa shape index (κ2) is 12.6. The van der Waals surface area contributed by atoms with Crippen molar-refractivity contribution < 1.29 is 18.0 Å². The fraction of sp³-hybridized carbons (Fsp3) is 0.636. The number of rotatable bonds is 7.